The van der Waals surface area contributed by atoms with Gasteiger partial charge < -0.3 is 14.6 Å². The number of ether oxygens (including phenoxy) is 2. The Morgan fingerprint density at radius 1 is 0.783 bits per heavy atom. The second-order valence-electron chi connectivity index (χ2n) is 6.18. The molecule has 1 N–H and O–H groups in total. The first kappa shape index (κ1) is 15.9. The third kappa shape index (κ3) is 3.20. The Balaban J connectivity index is 1.81. The second kappa shape index (κ2) is 7.05. The maximum atomic E-state index is 9.98. The average molecular weight is 312 g/mol. The summed E-state index contributed by atoms with van der Waals surface area (Å²) in [5.74, 6) is 2.81. The van der Waals surface area contributed by atoms with Gasteiger partial charge in [0.15, 0.2) is 0 Å². The lowest BCUT2D eigenvalue weighted by atomic mass is 9.82. The Labute approximate surface area is 137 Å². The van der Waals surface area contributed by atoms with Crippen molar-refractivity contribution in [3.05, 3.63) is 59.7 Å². The third-order valence-electron chi connectivity index (χ3n) is 5.12. The first-order valence-corrected chi connectivity index (χ1v) is 8.15. The van der Waals surface area contributed by atoms with Gasteiger partial charge in [0.25, 0.3) is 0 Å². The van der Waals surface area contributed by atoms with Crippen molar-refractivity contribution in [3.8, 4) is 11.5 Å². The van der Waals surface area contributed by atoms with E-state index in [2.05, 4.69) is 24.3 Å². The smallest absolute Gasteiger partial charge is 0.118 e. The highest BCUT2D eigenvalue weighted by atomic mass is 16.5. The molecule has 1 fully saturated rings. The van der Waals surface area contributed by atoms with Gasteiger partial charge in [-0.15, -0.1) is 0 Å². The van der Waals surface area contributed by atoms with Gasteiger partial charge in [0.2, 0.25) is 0 Å². The number of benzene rings is 2. The van der Waals surface area contributed by atoms with Gasteiger partial charge in [0, 0.05) is 6.61 Å². The fraction of sp³-hybridized carbons (Fsp3) is 0.400. The van der Waals surface area contributed by atoms with Crippen LogP contribution in [0.3, 0.4) is 0 Å². The third-order valence-corrected chi connectivity index (χ3v) is 5.12. The van der Waals surface area contributed by atoms with Gasteiger partial charge in [-0.25, -0.2) is 0 Å². The zero-order chi connectivity index (χ0) is 16.2. The Kier molecular flexibility index (Phi) is 4.87. The summed E-state index contributed by atoms with van der Waals surface area (Å²) < 4.78 is 10.5. The summed E-state index contributed by atoms with van der Waals surface area (Å²) in [5.41, 5.74) is 2.58. The molecule has 2 unspecified atom stereocenters. The summed E-state index contributed by atoms with van der Waals surface area (Å²) in [6, 6.07) is 16.5. The van der Waals surface area contributed by atoms with Crippen molar-refractivity contribution >= 4 is 0 Å². The van der Waals surface area contributed by atoms with Crippen molar-refractivity contribution in [2.24, 2.45) is 5.92 Å². The van der Waals surface area contributed by atoms with Crippen LogP contribution in [0.5, 0.6) is 11.5 Å². The molecule has 1 aliphatic rings. The lowest BCUT2D eigenvalue weighted by molar-refractivity contribution is 0.205. The van der Waals surface area contributed by atoms with Crippen molar-refractivity contribution in [1.29, 1.82) is 0 Å². The Hall–Kier alpha value is -2.00. The van der Waals surface area contributed by atoms with E-state index in [-0.39, 0.29) is 12.5 Å². The molecule has 0 saturated heterocycles. The molecule has 0 aliphatic heterocycles. The zero-order valence-electron chi connectivity index (χ0n) is 13.7. The van der Waals surface area contributed by atoms with Gasteiger partial charge in [0.05, 0.1) is 14.2 Å². The minimum atomic E-state index is 0.216. The number of hydrogen-bond donors (Lipinski definition) is 1. The molecule has 2 aromatic rings. The molecule has 0 aromatic heterocycles. The van der Waals surface area contributed by atoms with E-state index in [1.807, 2.05) is 24.3 Å². The monoisotopic (exact) mass is 312 g/mol. The first-order valence-electron chi connectivity index (χ1n) is 8.15. The SMILES string of the molecule is COc1ccc(C2CCC(c3ccc(OC)cc3)C2CO)cc1. The molecule has 122 valence electrons. The molecule has 3 nitrogen and oxygen atoms in total. The summed E-state index contributed by atoms with van der Waals surface area (Å²) >= 11 is 0. The minimum Gasteiger partial charge on any atom is -0.497 e. The summed E-state index contributed by atoms with van der Waals surface area (Å²) in [7, 11) is 3.36. The Morgan fingerprint density at radius 3 is 1.48 bits per heavy atom. The largest absolute Gasteiger partial charge is 0.497 e. The Bertz CT molecular complexity index is 563. The van der Waals surface area contributed by atoms with Crippen LogP contribution >= 0.6 is 0 Å². The number of methoxy groups -OCH3 is 2. The molecule has 0 bridgehead atoms. The standard InChI is InChI=1S/C20H24O3/c1-22-16-7-3-14(4-8-16)18-11-12-19(20(18)13-21)15-5-9-17(23-2)10-6-15/h3-10,18-21H,11-13H2,1-2H3. The number of hydrogen-bond acceptors (Lipinski definition) is 3. The number of aliphatic hydroxyl groups excluding tert-OH is 1. The van der Waals surface area contributed by atoms with E-state index in [0.29, 0.717) is 11.8 Å². The molecular formula is C20H24O3. The fourth-order valence-corrected chi connectivity index (χ4v) is 3.85. The highest BCUT2D eigenvalue weighted by Crippen LogP contribution is 2.48. The van der Waals surface area contributed by atoms with Crippen LogP contribution in [0.15, 0.2) is 48.5 Å². The molecule has 1 saturated carbocycles. The van der Waals surface area contributed by atoms with E-state index in [1.54, 1.807) is 14.2 Å². The normalized spacial score (nSPS) is 23.7. The first-order chi connectivity index (χ1) is 11.3. The van der Waals surface area contributed by atoms with Crippen LogP contribution in [0.25, 0.3) is 0 Å². The van der Waals surface area contributed by atoms with E-state index in [9.17, 15) is 5.11 Å². The van der Waals surface area contributed by atoms with Crippen LogP contribution in [0, 0.1) is 5.92 Å². The fourth-order valence-electron chi connectivity index (χ4n) is 3.85. The number of rotatable bonds is 5. The van der Waals surface area contributed by atoms with Gasteiger partial charge >= 0.3 is 0 Å². The van der Waals surface area contributed by atoms with Gasteiger partial charge in [-0.05, 0) is 66.0 Å². The second-order valence-corrected chi connectivity index (χ2v) is 6.18. The van der Waals surface area contributed by atoms with Crippen molar-refractivity contribution < 1.29 is 14.6 Å². The summed E-state index contributed by atoms with van der Waals surface area (Å²) in [6.45, 7) is 0.216. The van der Waals surface area contributed by atoms with E-state index >= 15 is 0 Å². The maximum absolute atomic E-state index is 9.98. The molecule has 0 radical (unpaired) electrons. The van der Waals surface area contributed by atoms with Crippen LogP contribution < -0.4 is 9.47 Å². The van der Waals surface area contributed by atoms with E-state index in [0.717, 1.165) is 24.3 Å². The highest BCUT2D eigenvalue weighted by molar-refractivity contribution is 5.34. The molecule has 0 amide bonds. The van der Waals surface area contributed by atoms with Crippen LogP contribution in [0.4, 0.5) is 0 Å². The quantitative estimate of drug-likeness (QED) is 0.908. The van der Waals surface area contributed by atoms with Crippen LogP contribution in [0.2, 0.25) is 0 Å². The summed E-state index contributed by atoms with van der Waals surface area (Å²) in [5, 5.41) is 9.98. The molecule has 3 rings (SSSR count). The van der Waals surface area contributed by atoms with Crippen molar-refractivity contribution in [3.63, 3.8) is 0 Å². The molecule has 0 heterocycles. The summed E-state index contributed by atoms with van der Waals surface area (Å²) in [4.78, 5) is 0. The maximum Gasteiger partial charge on any atom is 0.118 e. The molecule has 1 aliphatic carbocycles. The van der Waals surface area contributed by atoms with E-state index in [1.165, 1.54) is 11.1 Å². The molecule has 3 heteroatoms. The molecule has 2 aromatic carbocycles. The van der Waals surface area contributed by atoms with Crippen LogP contribution in [-0.2, 0) is 0 Å². The predicted molar refractivity (Wildman–Crippen MR) is 91.3 cm³/mol. The molecular weight excluding hydrogens is 288 g/mol. The topological polar surface area (TPSA) is 38.7 Å². The van der Waals surface area contributed by atoms with Gasteiger partial charge in [-0.1, -0.05) is 24.3 Å². The van der Waals surface area contributed by atoms with Crippen LogP contribution in [-0.4, -0.2) is 25.9 Å². The van der Waals surface area contributed by atoms with Crippen LogP contribution in [0.1, 0.15) is 35.8 Å². The van der Waals surface area contributed by atoms with E-state index < -0.39 is 0 Å². The van der Waals surface area contributed by atoms with Crippen molar-refractivity contribution in [2.75, 3.05) is 20.8 Å². The highest BCUT2D eigenvalue weighted by Gasteiger charge is 2.37. The number of aliphatic hydroxyl groups is 1. The molecule has 23 heavy (non-hydrogen) atoms. The lowest BCUT2D eigenvalue weighted by Crippen LogP contribution is -2.17. The van der Waals surface area contributed by atoms with E-state index in [4.69, 9.17) is 9.47 Å². The minimum absolute atomic E-state index is 0.216. The zero-order valence-corrected chi connectivity index (χ0v) is 13.7. The van der Waals surface area contributed by atoms with Crippen molar-refractivity contribution in [1.82, 2.24) is 0 Å². The Morgan fingerprint density at radius 2 is 1.17 bits per heavy atom. The van der Waals surface area contributed by atoms with Crippen molar-refractivity contribution in [2.45, 2.75) is 24.7 Å². The van der Waals surface area contributed by atoms with Gasteiger partial charge in [-0.2, -0.15) is 0 Å². The lowest BCUT2D eigenvalue weighted by Gasteiger charge is -2.24. The molecule has 2 atom stereocenters. The van der Waals surface area contributed by atoms with Gasteiger partial charge in [0.1, 0.15) is 11.5 Å². The predicted octanol–water partition coefficient (Wildman–Crippen LogP) is 3.97. The molecule has 0 spiro atoms. The summed E-state index contributed by atoms with van der Waals surface area (Å²) in [6.07, 6.45) is 2.21. The average Bonchev–Trinajstić information content (AvgIpc) is 3.05. The van der Waals surface area contributed by atoms with Gasteiger partial charge in [-0.3, -0.25) is 0 Å².